The van der Waals surface area contributed by atoms with Gasteiger partial charge in [0.05, 0.1) is 5.41 Å². The van der Waals surface area contributed by atoms with E-state index >= 15 is 0 Å². The number of hydrogen-bond acceptors (Lipinski definition) is 2. The molecule has 0 aliphatic carbocycles. The highest BCUT2D eigenvalue weighted by molar-refractivity contribution is 6.19. The number of hydrogen-bond donors (Lipinski definition) is 1. The zero-order chi connectivity index (χ0) is 11.2. The lowest BCUT2D eigenvalue weighted by molar-refractivity contribution is -0.137. The van der Waals surface area contributed by atoms with Gasteiger partial charge in [0.25, 0.3) is 0 Å². The molecular formula is C10H21ClN2O. The van der Waals surface area contributed by atoms with Crippen molar-refractivity contribution in [3.8, 4) is 0 Å². The van der Waals surface area contributed by atoms with Crippen LogP contribution in [0.25, 0.3) is 0 Å². The van der Waals surface area contributed by atoms with E-state index < -0.39 is 5.41 Å². The summed E-state index contributed by atoms with van der Waals surface area (Å²) in [6, 6.07) is 0. The van der Waals surface area contributed by atoms with Gasteiger partial charge >= 0.3 is 0 Å². The van der Waals surface area contributed by atoms with E-state index in [0.29, 0.717) is 5.88 Å². The molecule has 14 heavy (non-hydrogen) atoms. The van der Waals surface area contributed by atoms with Gasteiger partial charge < -0.3 is 10.2 Å². The molecule has 0 atom stereocenters. The van der Waals surface area contributed by atoms with Crippen LogP contribution in [0.5, 0.6) is 0 Å². The molecule has 0 saturated carbocycles. The first-order valence-corrected chi connectivity index (χ1v) is 5.45. The zero-order valence-electron chi connectivity index (χ0n) is 9.56. The molecule has 0 heterocycles. The lowest BCUT2D eigenvalue weighted by Crippen LogP contribution is -2.40. The number of carbonyl (C=O) groups excluding carboxylic acids is 1. The first-order chi connectivity index (χ1) is 6.45. The van der Waals surface area contributed by atoms with Crippen LogP contribution >= 0.6 is 11.6 Å². The van der Waals surface area contributed by atoms with Gasteiger partial charge in [-0.2, -0.15) is 0 Å². The van der Waals surface area contributed by atoms with Crippen LogP contribution in [0.2, 0.25) is 0 Å². The summed E-state index contributed by atoms with van der Waals surface area (Å²) in [6.45, 7) is 5.45. The highest BCUT2D eigenvalue weighted by Crippen LogP contribution is 2.19. The Bertz CT molecular complexity index is 183. The van der Waals surface area contributed by atoms with Gasteiger partial charge in [0.15, 0.2) is 0 Å². The minimum Gasteiger partial charge on any atom is -0.345 e. The Hall–Kier alpha value is -0.280. The molecular weight excluding hydrogens is 200 g/mol. The van der Waals surface area contributed by atoms with Gasteiger partial charge in [-0.1, -0.05) is 0 Å². The van der Waals surface area contributed by atoms with Crippen LogP contribution in [0.1, 0.15) is 20.3 Å². The fourth-order valence-corrected chi connectivity index (χ4v) is 1.28. The van der Waals surface area contributed by atoms with Crippen molar-refractivity contribution in [2.45, 2.75) is 20.3 Å². The number of amides is 1. The standard InChI is InChI=1S/C10H21ClN2O/c1-10(2,8-11)9(14)13(4)7-5-6-12-3/h12H,5-8H2,1-4H3. The van der Waals surface area contributed by atoms with Crippen molar-refractivity contribution < 1.29 is 4.79 Å². The Morgan fingerprint density at radius 2 is 2.07 bits per heavy atom. The first kappa shape index (κ1) is 13.7. The van der Waals surface area contributed by atoms with E-state index in [9.17, 15) is 4.79 Å². The van der Waals surface area contributed by atoms with Crippen LogP contribution in [0.3, 0.4) is 0 Å². The fourth-order valence-electron chi connectivity index (χ4n) is 1.17. The Kier molecular flexibility index (Phi) is 6.12. The Balaban J connectivity index is 3.99. The molecule has 0 aromatic rings. The van der Waals surface area contributed by atoms with Crippen molar-refractivity contribution in [2.75, 3.05) is 33.1 Å². The third-order valence-electron chi connectivity index (χ3n) is 2.18. The highest BCUT2D eigenvalue weighted by atomic mass is 35.5. The van der Waals surface area contributed by atoms with Gasteiger partial charge in [0.2, 0.25) is 5.91 Å². The molecule has 84 valence electrons. The number of rotatable bonds is 6. The second kappa shape index (κ2) is 6.25. The molecule has 1 amide bonds. The second-order valence-corrected chi connectivity index (χ2v) is 4.47. The number of nitrogens with zero attached hydrogens (tertiary/aromatic N) is 1. The van der Waals surface area contributed by atoms with E-state index in [0.717, 1.165) is 19.5 Å². The molecule has 0 unspecified atom stereocenters. The molecule has 0 aliphatic heterocycles. The maximum atomic E-state index is 11.8. The van der Waals surface area contributed by atoms with E-state index in [4.69, 9.17) is 11.6 Å². The Morgan fingerprint density at radius 1 is 1.50 bits per heavy atom. The number of alkyl halides is 1. The van der Waals surface area contributed by atoms with Gasteiger partial charge in [0.1, 0.15) is 0 Å². The van der Waals surface area contributed by atoms with E-state index in [1.807, 2.05) is 27.9 Å². The van der Waals surface area contributed by atoms with Crippen molar-refractivity contribution >= 4 is 17.5 Å². The van der Waals surface area contributed by atoms with Crippen LogP contribution in [-0.2, 0) is 4.79 Å². The molecule has 0 fully saturated rings. The average Bonchev–Trinajstić information content (AvgIpc) is 2.17. The summed E-state index contributed by atoms with van der Waals surface area (Å²) >= 11 is 5.73. The smallest absolute Gasteiger partial charge is 0.229 e. The molecule has 1 N–H and O–H groups in total. The average molecular weight is 221 g/mol. The first-order valence-electron chi connectivity index (χ1n) is 4.92. The van der Waals surface area contributed by atoms with Crippen molar-refractivity contribution in [2.24, 2.45) is 5.41 Å². The SMILES string of the molecule is CNCCCN(C)C(=O)C(C)(C)CCl. The summed E-state index contributed by atoms with van der Waals surface area (Å²) in [4.78, 5) is 13.6. The number of nitrogens with one attached hydrogen (secondary N) is 1. The summed E-state index contributed by atoms with van der Waals surface area (Å²) in [7, 11) is 3.73. The third kappa shape index (κ3) is 4.29. The molecule has 0 aromatic heterocycles. The fraction of sp³-hybridized carbons (Fsp3) is 0.900. The van der Waals surface area contributed by atoms with E-state index in [2.05, 4.69) is 5.32 Å². The number of halogens is 1. The van der Waals surface area contributed by atoms with Gasteiger partial charge in [-0.05, 0) is 33.9 Å². The normalized spacial score (nSPS) is 11.5. The zero-order valence-corrected chi connectivity index (χ0v) is 10.3. The third-order valence-corrected chi connectivity index (χ3v) is 2.85. The quantitative estimate of drug-likeness (QED) is 0.541. The Morgan fingerprint density at radius 3 is 2.50 bits per heavy atom. The lowest BCUT2D eigenvalue weighted by Gasteiger charge is -2.27. The summed E-state index contributed by atoms with van der Waals surface area (Å²) in [5.74, 6) is 0.478. The van der Waals surface area contributed by atoms with Crippen LogP contribution in [0.15, 0.2) is 0 Å². The maximum Gasteiger partial charge on any atom is 0.229 e. The van der Waals surface area contributed by atoms with Crippen LogP contribution < -0.4 is 5.32 Å². The van der Waals surface area contributed by atoms with Crippen LogP contribution in [-0.4, -0.2) is 43.9 Å². The lowest BCUT2D eigenvalue weighted by atomic mass is 9.94. The van der Waals surface area contributed by atoms with Gasteiger partial charge in [0, 0.05) is 19.5 Å². The largest absolute Gasteiger partial charge is 0.345 e. The van der Waals surface area contributed by atoms with Gasteiger partial charge in [-0.3, -0.25) is 4.79 Å². The molecule has 0 spiro atoms. The minimum atomic E-state index is -0.448. The van der Waals surface area contributed by atoms with Crippen molar-refractivity contribution in [1.82, 2.24) is 10.2 Å². The van der Waals surface area contributed by atoms with Crippen LogP contribution in [0, 0.1) is 5.41 Å². The second-order valence-electron chi connectivity index (χ2n) is 4.20. The molecule has 0 aromatic carbocycles. The molecule has 0 bridgehead atoms. The van der Waals surface area contributed by atoms with E-state index in [1.165, 1.54) is 0 Å². The number of carbonyl (C=O) groups is 1. The summed E-state index contributed by atoms with van der Waals surface area (Å²) in [5.41, 5.74) is -0.448. The summed E-state index contributed by atoms with van der Waals surface area (Å²) < 4.78 is 0. The predicted octanol–water partition coefficient (Wildman–Crippen LogP) is 1.32. The van der Waals surface area contributed by atoms with Gasteiger partial charge in [-0.15, -0.1) is 11.6 Å². The predicted molar refractivity (Wildman–Crippen MR) is 60.7 cm³/mol. The summed E-state index contributed by atoms with van der Waals surface area (Å²) in [6.07, 6.45) is 0.969. The topological polar surface area (TPSA) is 32.3 Å². The molecule has 0 aliphatic rings. The van der Waals surface area contributed by atoms with Crippen molar-refractivity contribution in [3.63, 3.8) is 0 Å². The molecule has 0 rings (SSSR count). The van der Waals surface area contributed by atoms with E-state index in [1.54, 1.807) is 4.90 Å². The molecule has 4 heteroatoms. The minimum absolute atomic E-state index is 0.114. The Labute approximate surface area is 91.8 Å². The van der Waals surface area contributed by atoms with E-state index in [-0.39, 0.29) is 5.91 Å². The van der Waals surface area contributed by atoms with Gasteiger partial charge in [-0.25, -0.2) is 0 Å². The van der Waals surface area contributed by atoms with Crippen molar-refractivity contribution in [3.05, 3.63) is 0 Å². The highest BCUT2D eigenvalue weighted by Gasteiger charge is 2.28. The van der Waals surface area contributed by atoms with Crippen LogP contribution in [0.4, 0.5) is 0 Å². The van der Waals surface area contributed by atoms with Crippen molar-refractivity contribution in [1.29, 1.82) is 0 Å². The monoisotopic (exact) mass is 220 g/mol. The molecule has 0 saturated heterocycles. The molecule has 3 nitrogen and oxygen atoms in total. The molecule has 0 radical (unpaired) electrons. The summed E-state index contributed by atoms with van der Waals surface area (Å²) in [5, 5.41) is 3.05. The maximum absolute atomic E-state index is 11.8.